The summed E-state index contributed by atoms with van der Waals surface area (Å²) >= 11 is 0. The number of nitrogens with zero attached hydrogens (tertiary/aromatic N) is 2. The van der Waals surface area contributed by atoms with Crippen LogP contribution in [0.4, 0.5) is 0 Å². The number of hydrogen-bond donors (Lipinski definition) is 1. The Morgan fingerprint density at radius 1 is 1.03 bits per heavy atom. The van der Waals surface area contributed by atoms with E-state index in [0.29, 0.717) is 18.2 Å². The number of sulfonamides is 1. The number of benzene rings is 2. The molecular formula is C19H21N3O6S. The van der Waals surface area contributed by atoms with Crippen LogP contribution in [0.1, 0.15) is 12.8 Å². The molecule has 0 atom stereocenters. The van der Waals surface area contributed by atoms with Crippen molar-refractivity contribution in [2.24, 2.45) is 0 Å². The van der Waals surface area contributed by atoms with Crippen LogP contribution in [0.5, 0.6) is 17.2 Å². The first-order valence-corrected chi connectivity index (χ1v) is 10.2. The molecule has 0 spiro atoms. The molecule has 0 aliphatic heterocycles. The second-order valence-corrected chi connectivity index (χ2v) is 7.55. The van der Waals surface area contributed by atoms with Gasteiger partial charge in [-0.1, -0.05) is 5.16 Å². The van der Waals surface area contributed by atoms with E-state index in [9.17, 15) is 8.42 Å². The molecule has 0 bridgehead atoms. The highest BCUT2D eigenvalue weighted by molar-refractivity contribution is 7.89. The van der Waals surface area contributed by atoms with E-state index in [0.717, 1.165) is 11.3 Å². The third-order valence-electron chi connectivity index (χ3n) is 3.97. The SMILES string of the molecule is CCOc1ccc(-c2noc(CNS(=O)(=O)c3cc(OC)ccc3OC)n2)cc1. The van der Waals surface area contributed by atoms with E-state index in [1.165, 1.54) is 26.4 Å². The van der Waals surface area contributed by atoms with E-state index in [1.54, 1.807) is 30.3 Å². The Bertz CT molecular complexity index is 1060. The Morgan fingerprint density at radius 3 is 2.41 bits per heavy atom. The third-order valence-corrected chi connectivity index (χ3v) is 5.39. The summed E-state index contributed by atoms with van der Waals surface area (Å²) in [5.41, 5.74) is 0.723. The molecule has 0 amide bonds. The van der Waals surface area contributed by atoms with Crippen LogP contribution in [0, 0.1) is 0 Å². The first kappa shape index (κ1) is 20.6. The van der Waals surface area contributed by atoms with Gasteiger partial charge >= 0.3 is 0 Å². The van der Waals surface area contributed by atoms with Crippen LogP contribution in [0.25, 0.3) is 11.4 Å². The quantitative estimate of drug-likeness (QED) is 0.563. The van der Waals surface area contributed by atoms with Crippen molar-refractivity contribution in [1.29, 1.82) is 0 Å². The van der Waals surface area contributed by atoms with Gasteiger partial charge in [0.2, 0.25) is 21.7 Å². The number of nitrogens with one attached hydrogen (secondary N) is 1. The summed E-state index contributed by atoms with van der Waals surface area (Å²) in [7, 11) is -1.06. The zero-order valence-electron chi connectivity index (χ0n) is 16.2. The largest absolute Gasteiger partial charge is 0.497 e. The fourth-order valence-electron chi connectivity index (χ4n) is 2.54. The predicted molar refractivity (Wildman–Crippen MR) is 104 cm³/mol. The smallest absolute Gasteiger partial charge is 0.244 e. The average molecular weight is 419 g/mol. The maximum absolute atomic E-state index is 12.7. The second-order valence-electron chi connectivity index (χ2n) is 5.81. The Balaban J connectivity index is 1.73. The van der Waals surface area contributed by atoms with Crippen LogP contribution in [-0.2, 0) is 16.6 Å². The molecule has 0 fully saturated rings. The molecule has 1 heterocycles. The van der Waals surface area contributed by atoms with E-state index in [-0.39, 0.29) is 23.1 Å². The molecule has 3 aromatic rings. The van der Waals surface area contributed by atoms with Crippen molar-refractivity contribution < 1.29 is 27.2 Å². The molecule has 0 aliphatic carbocycles. The fourth-order valence-corrected chi connectivity index (χ4v) is 3.70. The Morgan fingerprint density at radius 2 is 1.76 bits per heavy atom. The molecule has 2 aromatic carbocycles. The van der Waals surface area contributed by atoms with Crippen molar-refractivity contribution >= 4 is 10.0 Å². The minimum absolute atomic E-state index is 0.0504. The molecule has 9 nitrogen and oxygen atoms in total. The van der Waals surface area contributed by atoms with Gasteiger partial charge in [0.15, 0.2) is 0 Å². The van der Waals surface area contributed by atoms with Gasteiger partial charge in [0, 0.05) is 11.6 Å². The van der Waals surface area contributed by atoms with Gasteiger partial charge in [-0.3, -0.25) is 0 Å². The first-order chi connectivity index (χ1) is 14.0. The average Bonchev–Trinajstić information content (AvgIpc) is 3.22. The highest BCUT2D eigenvalue weighted by Crippen LogP contribution is 2.28. The van der Waals surface area contributed by atoms with Gasteiger partial charge in [-0.25, -0.2) is 13.1 Å². The monoisotopic (exact) mass is 419 g/mol. The highest BCUT2D eigenvalue weighted by Gasteiger charge is 2.21. The fraction of sp³-hybridized carbons (Fsp3) is 0.263. The van der Waals surface area contributed by atoms with E-state index < -0.39 is 10.0 Å². The van der Waals surface area contributed by atoms with Crippen molar-refractivity contribution in [2.45, 2.75) is 18.4 Å². The Kier molecular flexibility index (Phi) is 6.35. The number of rotatable bonds is 9. The van der Waals surface area contributed by atoms with Crippen LogP contribution >= 0.6 is 0 Å². The molecule has 29 heavy (non-hydrogen) atoms. The summed E-state index contributed by atoms with van der Waals surface area (Å²) < 4.78 is 48.6. The molecule has 10 heteroatoms. The number of methoxy groups -OCH3 is 2. The zero-order valence-corrected chi connectivity index (χ0v) is 17.0. The summed E-state index contributed by atoms with van der Waals surface area (Å²) in [6.45, 7) is 2.30. The van der Waals surface area contributed by atoms with E-state index in [2.05, 4.69) is 14.9 Å². The maximum atomic E-state index is 12.7. The predicted octanol–water partition coefficient (Wildman–Crippen LogP) is 2.63. The lowest BCUT2D eigenvalue weighted by Crippen LogP contribution is -2.24. The summed E-state index contributed by atoms with van der Waals surface area (Å²) in [5, 5.41) is 3.89. The van der Waals surface area contributed by atoms with Gasteiger partial charge in [0.1, 0.15) is 22.1 Å². The summed E-state index contributed by atoms with van der Waals surface area (Å²) in [6, 6.07) is 11.7. The van der Waals surface area contributed by atoms with E-state index >= 15 is 0 Å². The molecule has 0 aliphatic rings. The molecule has 154 valence electrons. The van der Waals surface area contributed by atoms with Crippen molar-refractivity contribution in [3.05, 3.63) is 48.4 Å². The number of hydrogen-bond acceptors (Lipinski definition) is 8. The van der Waals surface area contributed by atoms with Crippen molar-refractivity contribution in [1.82, 2.24) is 14.9 Å². The molecular weight excluding hydrogens is 398 g/mol. The number of aromatic nitrogens is 2. The highest BCUT2D eigenvalue weighted by atomic mass is 32.2. The lowest BCUT2D eigenvalue weighted by Gasteiger charge is -2.11. The summed E-state index contributed by atoms with van der Waals surface area (Å²) in [4.78, 5) is 4.18. The van der Waals surface area contributed by atoms with Gasteiger partial charge < -0.3 is 18.7 Å². The maximum Gasteiger partial charge on any atom is 0.244 e. The van der Waals surface area contributed by atoms with Crippen LogP contribution in [0.2, 0.25) is 0 Å². The van der Waals surface area contributed by atoms with Gasteiger partial charge in [-0.05, 0) is 43.3 Å². The van der Waals surface area contributed by atoms with Crippen LogP contribution in [0.15, 0.2) is 51.9 Å². The van der Waals surface area contributed by atoms with Crippen LogP contribution in [0.3, 0.4) is 0 Å². The van der Waals surface area contributed by atoms with Crippen molar-refractivity contribution in [2.75, 3.05) is 20.8 Å². The number of ether oxygens (including phenoxy) is 3. The molecule has 0 unspecified atom stereocenters. The topological polar surface area (TPSA) is 113 Å². The van der Waals surface area contributed by atoms with Crippen LogP contribution < -0.4 is 18.9 Å². The lowest BCUT2D eigenvalue weighted by molar-refractivity contribution is 0.340. The molecule has 1 N–H and O–H groups in total. The third kappa shape index (κ3) is 4.84. The standard InChI is InChI=1S/C19H21N3O6S/c1-4-27-14-7-5-13(6-8-14)19-21-18(28-22-19)12-20-29(23,24)17-11-15(25-2)9-10-16(17)26-3/h5-11,20H,4,12H2,1-3H3. The van der Waals surface area contributed by atoms with Gasteiger partial charge in [0.25, 0.3) is 0 Å². The van der Waals surface area contributed by atoms with Crippen molar-refractivity contribution in [3.8, 4) is 28.6 Å². The van der Waals surface area contributed by atoms with Gasteiger partial charge in [-0.2, -0.15) is 4.98 Å². The molecule has 1 aromatic heterocycles. The minimum atomic E-state index is -3.90. The Labute approximate surface area is 168 Å². The van der Waals surface area contributed by atoms with Gasteiger partial charge in [0.05, 0.1) is 27.4 Å². The van der Waals surface area contributed by atoms with E-state index in [1.807, 2.05) is 6.92 Å². The van der Waals surface area contributed by atoms with E-state index in [4.69, 9.17) is 18.7 Å². The van der Waals surface area contributed by atoms with Crippen LogP contribution in [-0.4, -0.2) is 39.4 Å². The zero-order chi connectivity index (χ0) is 20.9. The molecule has 0 radical (unpaired) electrons. The van der Waals surface area contributed by atoms with Gasteiger partial charge in [-0.15, -0.1) is 0 Å². The summed E-state index contributed by atoms with van der Waals surface area (Å²) in [5.74, 6) is 1.79. The second kappa shape index (κ2) is 8.93. The minimum Gasteiger partial charge on any atom is -0.497 e. The molecule has 0 saturated heterocycles. The normalized spacial score (nSPS) is 11.3. The van der Waals surface area contributed by atoms with Crippen molar-refractivity contribution in [3.63, 3.8) is 0 Å². The lowest BCUT2D eigenvalue weighted by atomic mass is 10.2. The first-order valence-electron chi connectivity index (χ1n) is 8.74. The Hall–Kier alpha value is -3.11. The summed E-state index contributed by atoms with van der Waals surface area (Å²) in [6.07, 6.45) is 0. The molecule has 0 saturated carbocycles. The molecule has 3 rings (SSSR count).